The maximum absolute atomic E-state index is 12.6. The molecule has 0 aromatic heterocycles. The molecule has 1 aromatic carbocycles. The van der Waals surface area contributed by atoms with Crippen molar-refractivity contribution in [2.75, 3.05) is 32.7 Å². The highest BCUT2D eigenvalue weighted by molar-refractivity contribution is 6.30. The van der Waals surface area contributed by atoms with Gasteiger partial charge in [0, 0.05) is 42.8 Å². The van der Waals surface area contributed by atoms with E-state index in [2.05, 4.69) is 5.32 Å². The van der Waals surface area contributed by atoms with Gasteiger partial charge in [-0.15, -0.1) is 12.4 Å². The third-order valence-corrected chi connectivity index (χ3v) is 4.59. The van der Waals surface area contributed by atoms with Crippen LogP contribution in [0, 0.1) is 0 Å². The largest absolute Gasteiger partial charge is 0.337 e. The third kappa shape index (κ3) is 4.16. The number of nitrogens with one attached hydrogen (secondary N) is 1. The van der Waals surface area contributed by atoms with E-state index >= 15 is 0 Å². The van der Waals surface area contributed by atoms with E-state index in [-0.39, 0.29) is 30.3 Å². The Hall–Kier alpha value is -1.30. The van der Waals surface area contributed by atoms with Crippen LogP contribution < -0.4 is 5.32 Å². The molecule has 3 rings (SSSR count). The van der Waals surface area contributed by atoms with Crippen molar-refractivity contribution >= 4 is 35.8 Å². The Morgan fingerprint density at radius 1 is 1.22 bits per heavy atom. The third-order valence-electron chi connectivity index (χ3n) is 4.34. The van der Waals surface area contributed by atoms with Gasteiger partial charge in [0.05, 0.1) is 6.54 Å². The highest BCUT2D eigenvalue weighted by Crippen LogP contribution is 2.19. The maximum Gasteiger partial charge on any atom is 0.253 e. The average Bonchev–Trinajstić information content (AvgIpc) is 2.55. The minimum atomic E-state index is 0. The number of likely N-dealkylation sites (tertiary alicyclic amines) is 1. The molecule has 1 N–H and O–H groups in total. The van der Waals surface area contributed by atoms with E-state index in [1.807, 2.05) is 9.80 Å². The van der Waals surface area contributed by atoms with Gasteiger partial charge in [0.1, 0.15) is 0 Å². The summed E-state index contributed by atoms with van der Waals surface area (Å²) in [5.41, 5.74) is 0.650. The predicted molar refractivity (Wildman–Crippen MR) is 92.2 cm³/mol. The smallest absolute Gasteiger partial charge is 0.253 e. The van der Waals surface area contributed by atoms with E-state index in [0.717, 1.165) is 32.5 Å². The fourth-order valence-corrected chi connectivity index (χ4v) is 3.30. The Labute approximate surface area is 147 Å². The van der Waals surface area contributed by atoms with Crippen molar-refractivity contribution in [2.24, 2.45) is 0 Å². The zero-order valence-electron chi connectivity index (χ0n) is 12.8. The van der Waals surface area contributed by atoms with Gasteiger partial charge in [-0.3, -0.25) is 9.59 Å². The van der Waals surface area contributed by atoms with Crippen LogP contribution in [0.2, 0.25) is 5.02 Å². The summed E-state index contributed by atoms with van der Waals surface area (Å²) < 4.78 is 0. The molecule has 0 saturated carbocycles. The van der Waals surface area contributed by atoms with Crippen LogP contribution in [0.5, 0.6) is 0 Å². The number of carbonyl (C=O) groups excluding carboxylic acids is 2. The fraction of sp³-hybridized carbons (Fsp3) is 0.500. The summed E-state index contributed by atoms with van der Waals surface area (Å²) in [5, 5.41) is 3.71. The van der Waals surface area contributed by atoms with Gasteiger partial charge < -0.3 is 15.1 Å². The molecule has 1 unspecified atom stereocenters. The van der Waals surface area contributed by atoms with E-state index in [1.54, 1.807) is 24.3 Å². The molecular weight excluding hydrogens is 337 g/mol. The standard InChI is InChI=1S/C16H20ClN3O2.ClH/c17-13-5-3-12(4-6-13)16(22)19-8-1-2-14(11-19)20-9-7-18-10-15(20)21;/h3-6,14,18H,1-2,7-11H2;1H. The van der Waals surface area contributed by atoms with Crippen LogP contribution in [0.1, 0.15) is 23.2 Å². The van der Waals surface area contributed by atoms with Crippen molar-refractivity contribution in [2.45, 2.75) is 18.9 Å². The lowest BCUT2D eigenvalue weighted by Gasteiger charge is -2.41. The summed E-state index contributed by atoms with van der Waals surface area (Å²) >= 11 is 5.87. The summed E-state index contributed by atoms with van der Waals surface area (Å²) in [7, 11) is 0. The molecule has 0 spiro atoms. The van der Waals surface area contributed by atoms with Crippen LogP contribution in [0.3, 0.4) is 0 Å². The van der Waals surface area contributed by atoms with Gasteiger partial charge in [0.15, 0.2) is 0 Å². The molecule has 7 heteroatoms. The Balaban J connectivity index is 0.00000192. The second-order valence-corrected chi connectivity index (χ2v) is 6.25. The van der Waals surface area contributed by atoms with Crippen molar-refractivity contribution < 1.29 is 9.59 Å². The van der Waals surface area contributed by atoms with Crippen molar-refractivity contribution in [3.63, 3.8) is 0 Å². The topological polar surface area (TPSA) is 52.7 Å². The van der Waals surface area contributed by atoms with Crippen LogP contribution in [0.15, 0.2) is 24.3 Å². The first kappa shape index (κ1) is 18.0. The number of amides is 2. The van der Waals surface area contributed by atoms with Crippen molar-refractivity contribution in [1.29, 1.82) is 0 Å². The molecule has 1 atom stereocenters. The van der Waals surface area contributed by atoms with Crippen molar-refractivity contribution in [3.8, 4) is 0 Å². The van der Waals surface area contributed by atoms with E-state index in [9.17, 15) is 9.59 Å². The number of hydrogen-bond donors (Lipinski definition) is 1. The number of hydrogen-bond acceptors (Lipinski definition) is 3. The highest BCUT2D eigenvalue weighted by atomic mass is 35.5. The zero-order valence-corrected chi connectivity index (χ0v) is 14.4. The monoisotopic (exact) mass is 357 g/mol. The van der Waals surface area contributed by atoms with Crippen molar-refractivity contribution in [1.82, 2.24) is 15.1 Å². The van der Waals surface area contributed by atoms with Crippen LogP contribution in [-0.4, -0.2) is 60.4 Å². The number of nitrogens with zero attached hydrogens (tertiary/aromatic N) is 2. The van der Waals surface area contributed by atoms with Crippen LogP contribution in [0.25, 0.3) is 0 Å². The molecule has 23 heavy (non-hydrogen) atoms. The molecule has 2 saturated heterocycles. The molecule has 0 radical (unpaired) electrons. The first-order valence-electron chi connectivity index (χ1n) is 7.70. The van der Waals surface area contributed by atoms with Gasteiger partial charge in [-0.05, 0) is 37.1 Å². The lowest BCUT2D eigenvalue weighted by atomic mass is 10.0. The Kier molecular flexibility index (Phi) is 6.27. The SMILES string of the molecule is Cl.O=C(c1ccc(Cl)cc1)N1CCCC(N2CCNCC2=O)C1. The number of carbonyl (C=O) groups is 2. The Bertz CT molecular complexity index is 565. The number of piperazine rings is 1. The molecule has 1 aromatic rings. The molecular formula is C16H21Cl2N3O2. The van der Waals surface area contributed by atoms with E-state index in [1.165, 1.54) is 0 Å². The van der Waals surface area contributed by atoms with Crippen LogP contribution in [0.4, 0.5) is 0 Å². The number of piperidine rings is 1. The molecule has 2 amide bonds. The minimum Gasteiger partial charge on any atom is -0.337 e. The highest BCUT2D eigenvalue weighted by Gasteiger charge is 2.31. The van der Waals surface area contributed by atoms with Gasteiger partial charge >= 0.3 is 0 Å². The van der Waals surface area contributed by atoms with Gasteiger partial charge in [0.2, 0.25) is 5.91 Å². The van der Waals surface area contributed by atoms with E-state index in [4.69, 9.17) is 11.6 Å². The first-order valence-corrected chi connectivity index (χ1v) is 8.08. The first-order chi connectivity index (χ1) is 10.6. The second kappa shape index (κ2) is 7.99. The van der Waals surface area contributed by atoms with Gasteiger partial charge in [-0.2, -0.15) is 0 Å². The number of benzene rings is 1. The summed E-state index contributed by atoms with van der Waals surface area (Å²) in [6.07, 6.45) is 1.90. The second-order valence-electron chi connectivity index (χ2n) is 5.82. The normalized spacial score (nSPS) is 21.8. The minimum absolute atomic E-state index is 0. The quantitative estimate of drug-likeness (QED) is 0.877. The summed E-state index contributed by atoms with van der Waals surface area (Å²) in [6.45, 7) is 3.33. The Morgan fingerprint density at radius 3 is 2.65 bits per heavy atom. The summed E-state index contributed by atoms with van der Waals surface area (Å²) in [4.78, 5) is 28.4. The van der Waals surface area contributed by atoms with Gasteiger partial charge in [-0.1, -0.05) is 11.6 Å². The molecule has 0 aliphatic carbocycles. The molecule has 5 nitrogen and oxygen atoms in total. The molecule has 2 heterocycles. The molecule has 2 aliphatic heterocycles. The summed E-state index contributed by atoms with van der Waals surface area (Å²) in [5.74, 6) is 0.154. The number of halogens is 2. The van der Waals surface area contributed by atoms with Gasteiger partial charge in [-0.25, -0.2) is 0 Å². The lowest BCUT2D eigenvalue weighted by Crippen LogP contribution is -2.57. The van der Waals surface area contributed by atoms with Crippen LogP contribution >= 0.6 is 24.0 Å². The maximum atomic E-state index is 12.6. The van der Waals surface area contributed by atoms with E-state index in [0.29, 0.717) is 23.7 Å². The molecule has 0 bridgehead atoms. The van der Waals surface area contributed by atoms with Gasteiger partial charge in [0.25, 0.3) is 5.91 Å². The fourth-order valence-electron chi connectivity index (χ4n) is 3.18. The summed E-state index contributed by atoms with van der Waals surface area (Å²) in [6, 6.07) is 7.11. The predicted octanol–water partition coefficient (Wildman–Crippen LogP) is 1.80. The molecule has 2 fully saturated rings. The molecule has 126 valence electrons. The average molecular weight is 358 g/mol. The van der Waals surface area contributed by atoms with Crippen molar-refractivity contribution in [3.05, 3.63) is 34.9 Å². The zero-order chi connectivity index (χ0) is 15.5. The molecule has 2 aliphatic rings. The lowest BCUT2D eigenvalue weighted by molar-refractivity contribution is -0.135. The Morgan fingerprint density at radius 2 is 1.96 bits per heavy atom. The van der Waals surface area contributed by atoms with Crippen LogP contribution in [-0.2, 0) is 4.79 Å². The van der Waals surface area contributed by atoms with E-state index < -0.39 is 0 Å². The number of rotatable bonds is 2.